The van der Waals surface area contributed by atoms with Crippen LogP contribution in [0.1, 0.15) is 19.0 Å². The fraction of sp³-hybridized carbons (Fsp3) is 0.438. The number of aliphatic carboxylic acids is 1. The number of rotatable bonds is 3. The molecule has 6 nitrogen and oxygen atoms in total. The maximum absolute atomic E-state index is 12.5. The van der Waals surface area contributed by atoms with Gasteiger partial charge in [0.1, 0.15) is 0 Å². The second-order valence-electron chi connectivity index (χ2n) is 5.83. The van der Waals surface area contributed by atoms with Crippen molar-refractivity contribution in [3.63, 3.8) is 0 Å². The highest BCUT2D eigenvalue weighted by Crippen LogP contribution is 2.26. The van der Waals surface area contributed by atoms with Crippen LogP contribution < -0.4 is 0 Å². The fourth-order valence-corrected chi connectivity index (χ4v) is 3.29. The summed E-state index contributed by atoms with van der Waals surface area (Å²) in [7, 11) is 1.86. The van der Waals surface area contributed by atoms with Crippen molar-refractivity contribution in [2.45, 2.75) is 25.8 Å². The zero-order chi connectivity index (χ0) is 15.9. The largest absolute Gasteiger partial charge is 0.481 e. The molecule has 0 aliphatic carbocycles. The van der Waals surface area contributed by atoms with Crippen LogP contribution in [0.25, 0.3) is 10.9 Å². The summed E-state index contributed by atoms with van der Waals surface area (Å²) in [5, 5.41) is 14.6. The van der Waals surface area contributed by atoms with Crippen LogP contribution in [0.15, 0.2) is 24.3 Å². The number of amides is 1. The van der Waals surface area contributed by atoms with Gasteiger partial charge in [0, 0.05) is 25.0 Å². The van der Waals surface area contributed by atoms with Crippen LogP contribution in [0.2, 0.25) is 0 Å². The average molecular weight is 301 g/mol. The number of carbonyl (C=O) groups excluding carboxylic acids is 1. The number of nitrogens with zero attached hydrogens (tertiary/aromatic N) is 3. The molecule has 0 saturated carbocycles. The summed E-state index contributed by atoms with van der Waals surface area (Å²) < 4.78 is 1.77. The first-order valence-electron chi connectivity index (χ1n) is 7.42. The zero-order valence-electron chi connectivity index (χ0n) is 12.7. The zero-order valence-corrected chi connectivity index (χ0v) is 12.7. The van der Waals surface area contributed by atoms with Gasteiger partial charge >= 0.3 is 5.97 Å². The molecule has 2 atom stereocenters. The summed E-state index contributed by atoms with van der Waals surface area (Å²) in [6.45, 7) is 2.31. The third kappa shape index (κ3) is 2.34. The molecular formula is C16H19N3O3. The molecule has 0 spiro atoms. The Hall–Kier alpha value is -2.37. The van der Waals surface area contributed by atoms with E-state index in [0.29, 0.717) is 13.0 Å². The number of carboxylic acid groups (broad SMARTS) is 1. The van der Waals surface area contributed by atoms with E-state index in [2.05, 4.69) is 5.10 Å². The van der Waals surface area contributed by atoms with Crippen molar-refractivity contribution < 1.29 is 14.7 Å². The van der Waals surface area contributed by atoms with Crippen LogP contribution in [0.3, 0.4) is 0 Å². The van der Waals surface area contributed by atoms with E-state index in [1.807, 2.05) is 31.3 Å². The van der Waals surface area contributed by atoms with Crippen LogP contribution in [-0.2, 0) is 23.1 Å². The van der Waals surface area contributed by atoms with Gasteiger partial charge in [-0.2, -0.15) is 5.10 Å². The summed E-state index contributed by atoms with van der Waals surface area (Å²) in [6.07, 6.45) is 0.725. The molecule has 2 unspecified atom stereocenters. The van der Waals surface area contributed by atoms with E-state index < -0.39 is 11.9 Å². The Morgan fingerprint density at radius 2 is 2.09 bits per heavy atom. The topological polar surface area (TPSA) is 75.4 Å². The van der Waals surface area contributed by atoms with Gasteiger partial charge in [0.05, 0.1) is 23.5 Å². The van der Waals surface area contributed by atoms with Gasteiger partial charge in [0.25, 0.3) is 0 Å². The van der Waals surface area contributed by atoms with Crippen molar-refractivity contribution >= 4 is 22.8 Å². The van der Waals surface area contributed by atoms with E-state index >= 15 is 0 Å². The fourth-order valence-electron chi connectivity index (χ4n) is 3.29. The molecule has 1 aliphatic rings. The predicted molar refractivity (Wildman–Crippen MR) is 81.3 cm³/mol. The van der Waals surface area contributed by atoms with Gasteiger partial charge < -0.3 is 10.0 Å². The standard InChI is InChI=1S/C16H19N3O3/c1-10-11(16(21)22)7-8-19(10)15(20)9-13-12-5-3-4-6-14(12)18(2)17-13/h3-6,10-11H,7-9H2,1-2H3,(H,21,22). The van der Waals surface area contributed by atoms with Gasteiger partial charge in [0.2, 0.25) is 5.91 Å². The number of carbonyl (C=O) groups is 2. The summed E-state index contributed by atoms with van der Waals surface area (Å²) in [4.78, 5) is 25.4. The number of hydrogen-bond acceptors (Lipinski definition) is 3. The van der Waals surface area contributed by atoms with Gasteiger partial charge in [-0.05, 0) is 19.4 Å². The predicted octanol–water partition coefficient (Wildman–Crippen LogP) is 1.44. The lowest BCUT2D eigenvalue weighted by atomic mass is 10.0. The Balaban J connectivity index is 1.81. The van der Waals surface area contributed by atoms with Crippen LogP contribution in [0.4, 0.5) is 0 Å². The maximum Gasteiger partial charge on any atom is 0.308 e. The Kier molecular flexibility index (Phi) is 3.60. The molecule has 116 valence electrons. The van der Waals surface area contributed by atoms with Gasteiger partial charge in [-0.1, -0.05) is 18.2 Å². The molecule has 1 saturated heterocycles. The average Bonchev–Trinajstić information content (AvgIpc) is 3.01. The van der Waals surface area contributed by atoms with Crippen LogP contribution in [-0.4, -0.2) is 44.3 Å². The summed E-state index contributed by atoms with van der Waals surface area (Å²) in [5.74, 6) is -1.35. The van der Waals surface area contributed by atoms with Crippen molar-refractivity contribution in [2.24, 2.45) is 13.0 Å². The van der Waals surface area contributed by atoms with Crippen LogP contribution in [0, 0.1) is 5.92 Å². The van der Waals surface area contributed by atoms with Crippen LogP contribution in [0.5, 0.6) is 0 Å². The van der Waals surface area contributed by atoms with Crippen molar-refractivity contribution in [3.05, 3.63) is 30.0 Å². The van der Waals surface area contributed by atoms with Gasteiger partial charge in [-0.25, -0.2) is 0 Å². The highest BCUT2D eigenvalue weighted by Gasteiger charge is 2.38. The normalized spacial score (nSPS) is 21.5. The number of likely N-dealkylation sites (tertiary alicyclic amines) is 1. The molecule has 6 heteroatoms. The number of benzene rings is 1. The summed E-state index contributed by atoms with van der Waals surface area (Å²) in [5.41, 5.74) is 1.73. The van der Waals surface area contributed by atoms with E-state index in [1.165, 1.54) is 0 Å². The summed E-state index contributed by atoms with van der Waals surface area (Å²) in [6, 6.07) is 7.53. The maximum atomic E-state index is 12.5. The molecule has 1 aliphatic heterocycles. The quantitative estimate of drug-likeness (QED) is 0.930. The first kappa shape index (κ1) is 14.6. The Morgan fingerprint density at radius 3 is 2.77 bits per heavy atom. The Bertz CT molecular complexity index is 737. The molecule has 1 aromatic carbocycles. The first-order valence-corrected chi connectivity index (χ1v) is 7.42. The minimum absolute atomic E-state index is 0.0555. The molecular weight excluding hydrogens is 282 g/mol. The lowest BCUT2D eigenvalue weighted by molar-refractivity contribution is -0.143. The van der Waals surface area contributed by atoms with E-state index in [9.17, 15) is 9.59 Å². The second kappa shape index (κ2) is 5.44. The highest BCUT2D eigenvalue weighted by atomic mass is 16.4. The smallest absolute Gasteiger partial charge is 0.308 e. The third-order valence-corrected chi connectivity index (χ3v) is 4.55. The number of fused-ring (bicyclic) bond motifs is 1. The SMILES string of the molecule is CC1C(C(=O)O)CCN1C(=O)Cc1nn(C)c2ccccc12. The second-order valence-corrected chi connectivity index (χ2v) is 5.83. The van der Waals surface area contributed by atoms with E-state index in [1.54, 1.807) is 16.5 Å². The molecule has 22 heavy (non-hydrogen) atoms. The lowest BCUT2D eigenvalue weighted by Gasteiger charge is -2.23. The number of aryl methyl sites for hydroxylation is 1. The molecule has 0 bridgehead atoms. The monoisotopic (exact) mass is 301 g/mol. The number of carboxylic acids is 1. The molecule has 3 rings (SSSR count). The van der Waals surface area contributed by atoms with Crippen LogP contribution >= 0.6 is 0 Å². The van der Waals surface area contributed by atoms with Crippen molar-refractivity contribution in [3.8, 4) is 0 Å². The van der Waals surface area contributed by atoms with Gasteiger partial charge in [-0.3, -0.25) is 14.3 Å². The van der Waals surface area contributed by atoms with Crippen molar-refractivity contribution in [1.29, 1.82) is 0 Å². The molecule has 1 N–H and O–H groups in total. The number of para-hydroxylation sites is 1. The minimum Gasteiger partial charge on any atom is -0.481 e. The van der Waals surface area contributed by atoms with E-state index in [4.69, 9.17) is 5.11 Å². The Labute approximate surface area is 128 Å². The number of hydrogen-bond donors (Lipinski definition) is 1. The van der Waals surface area contributed by atoms with Gasteiger partial charge in [-0.15, -0.1) is 0 Å². The first-order chi connectivity index (χ1) is 10.5. The van der Waals surface area contributed by atoms with Gasteiger partial charge in [0.15, 0.2) is 0 Å². The van der Waals surface area contributed by atoms with E-state index in [-0.39, 0.29) is 18.4 Å². The molecule has 1 fully saturated rings. The minimum atomic E-state index is -0.828. The van der Waals surface area contributed by atoms with Crippen molar-refractivity contribution in [2.75, 3.05) is 6.54 Å². The molecule has 2 aromatic rings. The highest BCUT2D eigenvalue weighted by molar-refractivity contribution is 5.88. The molecule has 1 amide bonds. The molecule has 2 heterocycles. The van der Waals surface area contributed by atoms with E-state index in [0.717, 1.165) is 16.6 Å². The number of aromatic nitrogens is 2. The summed E-state index contributed by atoms with van der Waals surface area (Å²) >= 11 is 0. The lowest BCUT2D eigenvalue weighted by Crippen LogP contribution is -2.38. The van der Waals surface area contributed by atoms with Crippen molar-refractivity contribution in [1.82, 2.24) is 14.7 Å². The molecule has 0 radical (unpaired) electrons. The molecule has 1 aromatic heterocycles. The third-order valence-electron chi connectivity index (χ3n) is 4.55. The Morgan fingerprint density at radius 1 is 1.36 bits per heavy atom.